The maximum absolute atomic E-state index is 12.9. The second-order valence-electron chi connectivity index (χ2n) is 9.37. The molecule has 4 heterocycles. The molecule has 2 unspecified atom stereocenters. The Bertz CT molecular complexity index is 1270. The van der Waals surface area contributed by atoms with Crippen molar-refractivity contribution in [2.45, 2.75) is 57.2 Å². The van der Waals surface area contributed by atoms with E-state index in [9.17, 15) is 9.59 Å². The summed E-state index contributed by atoms with van der Waals surface area (Å²) in [5.74, 6) is 0.466. The molecule has 2 saturated heterocycles. The number of rotatable bonds is 3. The van der Waals surface area contributed by atoms with E-state index in [4.69, 9.17) is 10.5 Å². The van der Waals surface area contributed by atoms with Crippen LogP contribution in [0, 0.1) is 6.92 Å². The SMILES string of the molecule is Cc1nc2sc(C(=O)N[C@@H]3CCc4cc(OC(=O)N5C6CCC5CNC6)ccc4C3)c(N)c2s1. The average Bonchev–Trinajstić information content (AvgIpc) is 3.42. The van der Waals surface area contributed by atoms with E-state index < -0.39 is 0 Å². The average molecular weight is 498 g/mol. The van der Waals surface area contributed by atoms with E-state index in [1.807, 2.05) is 30.0 Å². The number of ether oxygens (including phenoxy) is 1. The highest BCUT2D eigenvalue weighted by Gasteiger charge is 2.40. The fourth-order valence-electron chi connectivity index (χ4n) is 5.47. The first kappa shape index (κ1) is 21.8. The summed E-state index contributed by atoms with van der Waals surface area (Å²) in [6.07, 6.45) is 4.22. The number of nitrogens with one attached hydrogen (secondary N) is 2. The summed E-state index contributed by atoms with van der Waals surface area (Å²) in [6, 6.07) is 6.38. The molecule has 0 spiro atoms. The van der Waals surface area contributed by atoms with Gasteiger partial charge in [-0.05, 0) is 62.3 Å². The Hall–Kier alpha value is -2.69. The lowest BCUT2D eigenvalue weighted by atomic mass is 9.88. The molecule has 2 aromatic heterocycles. The van der Waals surface area contributed by atoms with Crippen molar-refractivity contribution < 1.29 is 14.3 Å². The molecule has 2 amide bonds. The summed E-state index contributed by atoms with van der Waals surface area (Å²) in [6.45, 7) is 3.63. The van der Waals surface area contributed by atoms with Gasteiger partial charge in [0.05, 0.1) is 15.4 Å². The smallest absolute Gasteiger partial charge is 0.410 e. The second kappa shape index (κ2) is 8.51. The number of hydrogen-bond acceptors (Lipinski definition) is 8. The molecule has 3 aliphatic rings. The minimum atomic E-state index is -0.243. The number of nitrogens with zero attached hydrogens (tertiary/aromatic N) is 2. The lowest BCUT2D eigenvalue weighted by molar-refractivity contribution is 0.0938. The molecule has 2 fully saturated rings. The summed E-state index contributed by atoms with van der Waals surface area (Å²) in [7, 11) is 0. The Morgan fingerprint density at radius 3 is 2.74 bits per heavy atom. The van der Waals surface area contributed by atoms with Crippen LogP contribution in [0.2, 0.25) is 0 Å². The van der Waals surface area contributed by atoms with E-state index in [-0.39, 0.29) is 30.1 Å². The molecule has 2 bridgehead atoms. The van der Waals surface area contributed by atoms with Gasteiger partial charge in [-0.25, -0.2) is 9.78 Å². The van der Waals surface area contributed by atoms with E-state index >= 15 is 0 Å². The molecule has 3 atom stereocenters. The lowest BCUT2D eigenvalue weighted by Crippen LogP contribution is -2.54. The molecule has 1 aliphatic carbocycles. The highest BCUT2D eigenvalue weighted by Crippen LogP contribution is 2.37. The fraction of sp³-hybridized carbons (Fsp3) is 0.458. The zero-order chi connectivity index (χ0) is 23.4. The van der Waals surface area contributed by atoms with Gasteiger partial charge in [-0.2, -0.15) is 0 Å². The van der Waals surface area contributed by atoms with Crippen molar-refractivity contribution in [3.8, 4) is 5.75 Å². The van der Waals surface area contributed by atoms with Crippen LogP contribution >= 0.6 is 22.7 Å². The van der Waals surface area contributed by atoms with Crippen molar-refractivity contribution in [3.05, 3.63) is 39.2 Å². The van der Waals surface area contributed by atoms with Gasteiger partial charge >= 0.3 is 6.09 Å². The van der Waals surface area contributed by atoms with E-state index in [1.54, 1.807) is 0 Å². The molecule has 3 aromatic rings. The number of aryl methyl sites for hydroxylation is 2. The highest BCUT2D eigenvalue weighted by molar-refractivity contribution is 7.29. The highest BCUT2D eigenvalue weighted by atomic mass is 32.1. The van der Waals surface area contributed by atoms with Crippen molar-refractivity contribution in [2.75, 3.05) is 18.8 Å². The molecule has 6 rings (SSSR count). The van der Waals surface area contributed by atoms with Crippen molar-refractivity contribution in [3.63, 3.8) is 0 Å². The maximum atomic E-state index is 12.9. The number of amides is 2. The third-order valence-electron chi connectivity index (χ3n) is 7.13. The molecule has 2 aliphatic heterocycles. The van der Waals surface area contributed by atoms with Crippen LogP contribution in [0.1, 0.15) is 45.1 Å². The number of thiazole rings is 1. The molecule has 178 valence electrons. The third kappa shape index (κ3) is 3.83. The molecule has 34 heavy (non-hydrogen) atoms. The Balaban J connectivity index is 1.10. The predicted molar refractivity (Wildman–Crippen MR) is 134 cm³/mol. The maximum Gasteiger partial charge on any atom is 0.415 e. The number of aromatic nitrogens is 1. The summed E-state index contributed by atoms with van der Waals surface area (Å²) in [5.41, 5.74) is 9.12. The quantitative estimate of drug-likeness (QED) is 0.511. The summed E-state index contributed by atoms with van der Waals surface area (Å²) in [5, 5.41) is 7.50. The van der Waals surface area contributed by atoms with Crippen molar-refractivity contribution in [1.82, 2.24) is 20.5 Å². The van der Waals surface area contributed by atoms with Crippen LogP contribution in [0.3, 0.4) is 0 Å². The first-order valence-corrected chi connectivity index (χ1v) is 13.4. The molecular weight excluding hydrogens is 470 g/mol. The van der Waals surface area contributed by atoms with Gasteiger partial charge in [-0.15, -0.1) is 22.7 Å². The molecule has 10 heteroatoms. The number of benzene rings is 1. The molecule has 1 aromatic carbocycles. The van der Waals surface area contributed by atoms with Gasteiger partial charge in [-0.3, -0.25) is 9.69 Å². The molecule has 0 saturated carbocycles. The van der Waals surface area contributed by atoms with E-state index in [0.717, 1.165) is 59.7 Å². The van der Waals surface area contributed by atoms with Crippen molar-refractivity contribution in [1.29, 1.82) is 0 Å². The summed E-state index contributed by atoms with van der Waals surface area (Å²) < 4.78 is 6.67. The van der Waals surface area contributed by atoms with Crippen LogP contribution in [-0.4, -0.2) is 53.1 Å². The normalized spacial score (nSPS) is 23.7. The topological polar surface area (TPSA) is 110 Å². The molecule has 0 radical (unpaired) electrons. The lowest BCUT2D eigenvalue weighted by Gasteiger charge is -2.34. The Morgan fingerprint density at radius 2 is 1.97 bits per heavy atom. The first-order chi connectivity index (χ1) is 16.5. The summed E-state index contributed by atoms with van der Waals surface area (Å²) in [4.78, 5) is 33.5. The Labute approximate surface area is 205 Å². The van der Waals surface area contributed by atoms with E-state index in [2.05, 4.69) is 15.6 Å². The number of fused-ring (bicyclic) bond motifs is 4. The van der Waals surface area contributed by atoms with Gasteiger partial charge in [-0.1, -0.05) is 6.07 Å². The zero-order valence-electron chi connectivity index (χ0n) is 18.9. The second-order valence-corrected chi connectivity index (χ2v) is 11.6. The third-order valence-corrected chi connectivity index (χ3v) is 9.37. The number of nitrogens with two attached hydrogens (primary N) is 1. The van der Waals surface area contributed by atoms with Crippen LogP contribution in [0.4, 0.5) is 10.5 Å². The van der Waals surface area contributed by atoms with Gasteiger partial charge in [0.2, 0.25) is 0 Å². The fourth-order valence-corrected chi connectivity index (χ4v) is 7.56. The van der Waals surface area contributed by atoms with Crippen LogP contribution in [0.15, 0.2) is 18.2 Å². The number of carbonyl (C=O) groups excluding carboxylic acids is 2. The molecule has 8 nitrogen and oxygen atoms in total. The predicted octanol–water partition coefficient (Wildman–Crippen LogP) is 3.47. The first-order valence-electron chi connectivity index (χ1n) is 11.7. The van der Waals surface area contributed by atoms with Gasteiger partial charge in [0.25, 0.3) is 5.91 Å². The number of anilines is 1. The largest absolute Gasteiger partial charge is 0.415 e. The number of piperazine rings is 1. The van der Waals surface area contributed by atoms with Gasteiger partial charge in [0, 0.05) is 31.2 Å². The van der Waals surface area contributed by atoms with Gasteiger partial charge in [0.15, 0.2) is 0 Å². The van der Waals surface area contributed by atoms with Crippen molar-refractivity contribution >= 4 is 49.9 Å². The standard InChI is InChI=1S/C24H27N5O3S2/c1-12-27-23-21(33-12)19(25)20(34-23)22(30)28-15-4-2-14-9-18(7-3-13(14)8-15)32-24(31)29-16-5-6-17(29)11-26-10-16/h3,7,9,15-17,26H,2,4-6,8,10-11,25H2,1H3,(H,28,30)/t15-,16?,17?/m1/s1. The van der Waals surface area contributed by atoms with Crippen LogP contribution in [-0.2, 0) is 12.8 Å². The van der Waals surface area contributed by atoms with E-state index in [0.29, 0.717) is 16.3 Å². The van der Waals surface area contributed by atoms with E-state index in [1.165, 1.54) is 33.8 Å². The minimum absolute atomic E-state index is 0.0408. The number of hydrogen-bond donors (Lipinski definition) is 3. The summed E-state index contributed by atoms with van der Waals surface area (Å²) >= 11 is 2.88. The Morgan fingerprint density at radius 1 is 1.18 bits per heavy atom. The number of nitrogen functional groups attached to an aromatic ring is 1. The Kier molecular flexibility index (Phi) is 5.46. The minimum Gasteiger partial charge on any atom is -0.410 e. The monoisotopic (exact) mass is 497 g/mol. The van der Waals surface area contributed by atoms with Crippen LogP contribution < -0.4 is 21.1 Å². The zero-order valence-corrected chi connectivity index (χ0v) is 20.6. The van der Waals surface area contributed by atoms with Crippen LogP contribution in [0.25, 0.3) is 9.53 Å². The van der Waals surface area contributed by atoms with Crippen molar-refractivity contribution in [2.24, 2.45) is 0 Å². The molecular formula is C24H27N5O3S2. The van der Waals surface area contributed by atoms with Crippen LogP contribution in [0.5, 0.6) is 5.75 Å². The molecule has 4 N–H and O–H groups in total. The van der Waals surface area contributed by atoms with Gasteiger partial charge in [0.1, 0.15) is 15.5 Å². The number of thiophene rings is 1. The number of carbonyl (C=O) groups is 2. The van der Waals surface area contributed by atoms with Gasteiger partial charge < -0.3 is 21.1 Å².